The molecule has 1 unspecified atom stereocenters. The van der Waals surface area contributed by atoms with Gasteiger partial charge in [-0.05, 0) is 38.0 Å². The maximum Gasteiger partial charge on any atom is 0.261 e. The zero-order valence-electron chi connectivity index (χ0n) is 13.6. The van der Waals surface area contributed by atoms with E-state index in [0.717, 1.165) is 27.8 Å². The van der Waals surface area contributed by atoms with E-state index in [-0.39, 0.29) is 12.1 Å². The largest absolute Gasteiger partial charge is 0.387 e. The Hall–Kier alpha value is -2.46. The van der Waals surface area contributed by atoms with Gasteiger partial charge >= 0.3 is 0 Å². The third kappa shape index (κ3) is 3.03. The van der Waals surface area contributed by atoms with Crippen LogP contribution >= 0.6 is 0 Å². The number of fused-ring (bicyclic) bond motifs is 1. The molecule has 118 valence electrons. The average Bonchev–Trinajstić information content (AvgIpc) is 2.49. The molecule has 0 amide bonds. The van der Waals surface area contributed by atoms with Crippen LogP contribution in [0.3, 0.4) is 0 Å². The highest BCUT2D eigenvalue weighted by atomic mass is 16.3. The minimum Gasteiger partial charge on any atom is -0.387 e. The molecule has 0 fully saturated rings. The molecule has 1 aromatic heterocycles. The first kappa shape index (κ1) is 15.4. The van der Waals surface area contributed by atoms with Crippen LogP contribution in [0.15, 0.2) is 47.5 Å². The number of hydrogen-bond donors (Lipinski definition) is 1. The van der Waals surface area contributed by atoms with Crippen LogP contribution in [0.5, 0.6) is 0 Å². The Morgan fingerprint density at radius 1 is 1.13 bits per heavy atom. The second-order valence-electron chi connectivity index (χ2n) is 6.11. The van der Waals surface area contributed by atoms with Crippen molar-refractivity contribution >= 4 is 10.9 Å². The van der Waals surface area contributed by atoms with Crippen molar-refractivity contribution in [2.75, 3.05) is 0 Å². The van der Waals surface area contributed by atoms with Gasteiger partial charge in [-0.1, -0.05) is 41.5 Å². The van der Waals surface area contributed by atoms with Crippen LogP contribution in [0.2, 0.25) is 0 Å². The molecule has 3 aromatic rings. The molecular formula is C19H20N2O2. The molecule has 1 N–H and O–H groups in total. The number of aryl methyl sites for hydroxylation is 3. The Bertz CT molecular complexity index is 908. The summed E-state index contributed by atoms with van der Waals surface area (Å²) in [4.78, 5) is 17.0. The van der Waals surface area contributed by atoms with Gasteiger partial charge in [0.1, 0.15) is 0 Å². The lowest BCUT2D eigenvalue weighted by Crippen LogP contribution is -2.24. The number of benzene rings is 2. The van der Waals surface area contributed by atoms with Gasteiger partial charge in [0.25, 0.3) is 5.56 Å². The standard InChI is InChI=1S/C19H20N2O2/c1-12-7-13(2)9-15(8-12)17(22)10-21-11-20-18-14(3)5-4-6-16(18)19(21)23/h4-9,11,17,22H,10H2,1-3H3. The van der Waals surface area contributed by atoms with E-state index in [9.17, 15) is 9.90 Å². The molecule has 0 spiro atoms. The molecule has 0 aliphatic carbocycles. The predicted molar refractivity (Wildman–Crippen MR) is 91.6 cm³/mol. The summed E-state index contributed by atoms with van der Waals surface area (Å²) in [6, 6.07) is 11.5. The van der Waals surface area contributed by atoms with Crippen molar-refractivity contribution in [3.05, 3.63) is 75.3 Å². The zero-order chi connectivity index (χ0) is 16.6. The molecule has 4 nitrogen and oxygen atoms in total. The first-order chi connectivity index (χ1) is 11.0. The van der Waals surface area contributed by atoms with Gasteiger partial charge in [-0.3, -0.25) is 9.36 Å². The third-order valence-corrected chi connectivity index (χ3v) is 4.05. The molecule has 3 rings (SSSR count). The van der Waals surface area contributed by atoms with E-state index in [1.807, 2.05) is 45.0 Å². The Labute approximate surface area is 135 Å². The lowest BCUT2D eigenvalue weighted by Gasteiger charge is -2.15. The molecule has 4 heteroatoms. The predicted octanol–water partition coefficient (Wildman–Crippen LogP) is 3.06. The molecule has 1 heterocycles. The number of aromatic nitrogens is 2. The second-order valence-corrected chi connectivity index (χ2v) is 6.11. The van der Waals surface area contributed by atoms with Gasteiger partial charge in [0.05, 0.1) is 29.9 Å². The van der Waals surface area contributed by atoms with E-state index >= 15 is 0 Å². The average molecular weight is 308 g/mol. The van der Waals surface area contributed by atoms with Crippen molar-refractivity contribution in [2.24, 2.45) is 0 Å². The van der Waals surface area contributed by atoms with E-state index < -0.39 is 6.10 Å². The summed E-state index contributed by atoms with van der Waals surface area (Å²) < 4.78 is 1.48. The van der Waals surface area contributed by atoms with E-state index in [4.69, 9.17) is 0 Å². The Kier molecular flexibility index (Phi) is 4.01. The van der Waals surface area contributed by atoms with Gasteiger partial charge in [-0.2, -0.15) is 0 Å². The number of nitrogens with zero attached hydrogens (tertiary/aromatic N) is 2. The minimum atomic E-state index is -0.740. The van der Waals surface area contributed by atoms with Gasteiger partial charge < -0.3 is 5.11 Å². The normalized spacial score (nSPS) is 12.5. The van der Waals surface area contributed by atoms with Crippen molar-refractivity contribution < 1.29 is 5.11 Å². The zero-order valence-corrected chi connectivity index (χ0v) is 13.6. The van der Waals surface area contributed by atoms with Crippen LogP contribution in [0.25, 0.3) is 10.9 Å². The second kappa shape index (κ2) is 5.97. The van der Waals surface area contributed by atoms with E-state index in [2.05, 4.69) is 11.1 Å². The summed E-state index contributed by atoms with van der Waals surface area (Å²) in [6.45, 7) is 6.12. The highest BCUT2D eigenvalue weighted by molar-refractivity contribution is 5.80. The Morgan fingerprint density at radius 3 is 2.52 bits per heavy atom. The highest BCUT2D eigenvalue weighted by Crippen LogP contribution is 2.19. The van der Waals surface area contributed by atoms with Gasteiger partial charge in [0, 0.05) is 0 Å². The molecule has 0 radical (unpaired) electrons. The summed E-state index contributed by atoms with van der Waals surface area (Å²) in [7, 11) is 0. The van der Waals surface area contributed by atoms with Crippen molar-refractivity contribution in [3.63, 3.8) is 0 Å². The van der Waals surface area contributed by atoms with Gasteiger partial charge in [-0.25, -0.2) is 4.98 Å². The molecule has 2 aromatic carbocycles. The van der Waals surface area contributed by atoms with Crippen LogP contribution in [0, 0.1) is 20.8 Å². The number of rotatable bonds is 3. The topological polar surface area (TPSA) is 55.1 Å². The molecule has 0 bridgehead atoms. The summed E-state index contributed by atoms with van der Waals surface area (Å²) in [6.07, 6.45) is 0.777. The first-order valence-electron chi connectivity index (χ1n) is 7.67. The van der Waals surface area contributed by atoms with Crippen molar-refractivity contribution in [3.8, 4) is 0 Å². The molecule has 1 atom stereocenters. The number of aliphatic hydroxyl groups is 1. The maximum atomic E-state index is 12.6. The Morgan fingerprint density at radius 2 is 1.83 bits per heavy atom. The summed E-state index contributed by atoms with van der Waals surface area (Å²) in [5, 5.41) is 11.1. The van der Waals surface area contributed by atoms with Crippen LogP contribution < -0.4 is 5.56 Å². The van der Waals surface area contributed by atoms with Crippen LogP contribution in [0.1, 0.15) is 28.4 Å². The quantitative estimate of drug-likeness (QED) is 0.809. The molecule has 0 saturated carbocycles. The van der Waals surface area contributed by atoms with Crippen LogP contribution in [0.4, 0.5) is 0 Å². The minimum absolute atomic E-state index is 0.123. The number of para-hydroxylation sites is 1. The van der Waals surface area contributed by atoms with Crippen molar-refractivity contribution in [1.82, 2.24) is 9.55 Å². The fraction of sp³-hybridized carbons (Fsp3) is 0.263. The summed E-state index contributed by atoms with van der Waals surface area (Å²) in [5.74, 6) is 0. The van der Waals surface area contributed by atoms with E-state index in [1.165, 1.54) is 10.9 Å². The number of aliphatic hydroxyl groups excluding tert-OH is 1. The van der Waals surface area contributed by atoms with Crippen LogP contribution in [-0.4, -0.2) is 14.7 Å². The SMILES string of the molecule is Cc1cc(C)cc(C(O)Cn2cnc3c(C)cccc3c2=O)c1. The molecule has 23 heavy (non-hydrogen) atoms. The van der Waals surface area contributed by atoms with Gasteiger partial charge in [0.15, 0.2) is 0 Å². The fourth-order valence-electron chi connectivity index (χ4n) is 2.96. The summed E-state index contributed by atoms with van der Waals surface area (Å²) >= 11 is 0. The monoisotopic (exact) mass is 308 g/mol. The molecular weight excluding hydrogens is 288 g/mol. The fourth-order valence-corrected chi connectivity index (χ4v) is 2.96. The third-order valence-electron chi connectivity index (χ3n) is 4.05. The van der Waals surface area contributed by atoms with Crippen molar-refractivity contribution in [1.29, 1.82) is 0 Å². The number of hydrogen-bond acceptors (Lipinski definition) is 3. The van der Waals surface area contributed by atoms with Gasteiger partial charge in [0.2, 0.25) is 0 Å². The lowest BCUT2D eigenvalue weighted by molar-refractivity contribution is 0.155. The highest BCUT2D eigenvalue weighted by Gasteiger charge is 2.12. The van der Waals surface area contributed by atoms with E-state index in [1.54, 1.807) is 6.07 Å². The maximum absolute atomic E-state index is 12.6. The van der Waals surface area contributed by atoms with Gasteiger partial charge in [-0.15, -0.1) is 0 Å². The Balaban J connectivity index is 1.98. The van der Waals surface area contributed by atoms with Crippen LogP contribution in [-0.2, 0) is 6.54 Å². The molecule has 0 saturated heterocycles. The smallest absolute Gasteiger partial charge is 0.261 e. The van der Waals surface area contributed by atoms with Crippen molar-refractivity contribution in [2.45, 2.75) is 33.4 Å². The molecule has 0 aliphatic heterocycles. The lowest BCUT2D eigenvalue weighted by atomic mass is 10.0. The first-order valence-corrected chi connectivity index (χ1v) is 7.67. The molecule has 0 aliphatic rings. The van der Waals surface area contributed by atoms with E-state index in [0.29, 0.717) is 5.39 Å². The summed E-state index contributed by atoms with van der Waals surface area (Å²) in [5.41, 5.74) is 4.58.